The van der Waals surface area contributed by atoms with Crippen LogP contribution in [0.4, 0.5) is 16.4 Å². The van der Waals surface area contributed by atoms with Gasteiger partial charge in [-0.3, -0.25) is 9.59 Å². The number of para-hydroxylation sites is 2. The average Bonchev–Trinajstić information content (AvgIpc) is 3.08. The summed E-state index contributed by atoms with van der Waals surface area (Å²) in [6.45, 7) is 14.7. The Bertz CT molecular complexity index is 908. The fraction of sp³-hybridized carbons (Fsp3) is 0.478. The van der Waals surface area contributed by atoms with Gasteiger partial charge in [-0.2, -0.15) is 0 Å². The van der Waals surface area contributed by atoms with Gasteiger partial charge in [-0.25, -0.2) is 0 Å². The third-order valence-electron chi connectivity index (χ3n) is 5.35. The number of nitrogens with zero attached hydrogens (tertiary/aromatic N) is 2. The lowest BCUT2D eigenvalue weighted by Crippen LogP contribution is -2.46. The summed E-state index contributed by atoms with van der Waals surface area (Å²) in [5.74, 6) is -0.208. The minimum absolute atomic E-state index is 0.0627. The van der Waals surface area contributed by atoms with E-state index >= 15 is 0 Å². The summed E-state index contributed by atoms with van der Waals surface area (Å²) in [4.78, 5) is 30.7. The van der Waals surface area contributed by atoms with Crippen LogP contribution in [0.2, 0.25) is 0 Å². The number of hydrogen-bond donors (Lipinski definition) is 2. The van der Waals surface area contributed by atoms with Crippen LogP contribution in [0.1, 0.15) is 42.9 Å². The first-order valence-electron chi connectivity index (χ1n) is 10.5. The van der Waals surface area contributed by atoms with Crippen LogP contribution in [-0.2, 0) is 4.79 Å². The molecule has 30 heavy (non-hydrogen) atoms. The summed E-state index contributed by atoms with van der Waals surface area (Å²) in [6, 6.07) is 9.82. The Labute approximate surface area is 183 Å². The van der Waals surface area contributed by atoms with E-state index in [1.165, 1.54) is 11.3 Å². The van der Waals surface area contributed by atoms with E-state index in [4.69, 9.17) is 0 Å². The molecule has 2 amide bonds. The molecule has 0 unspecified atom stereocenters. The molecule has 2 N–H and O–H groups in total. The summed E-state index contributed by atoms with van der Waals surface area (Å²) in [5, 5.41) is 6.71. The van der Waals surface area contributed by atoms with Crippen molar-refractivity contribution in [2.75, 3.05) is 48.3 Å². The average molecular weight is 429 g/mol. The van der Waals surface area contributed by atoms with Gasteiger partial charge >= 0.3 is 0 Å². The highest BCUT2D eigenvalue weighted by Crippen LogP contribution is 2.31. The lowest BCUT2D eigenvalue weighted by molar-refractivity contribution is -0.123. The molecule has 1 saturated heterocycles. The van der Waals surface area contributed by atoms with Gasteiger partial charge in [0, 0.05) is 31.6 Å². The van der Waals surface area contributed by atoms with Crippen molar-refractivity contribution in [2.24, 2.45) is 5.41 Å². The Morgan fingerprint density at radius 3 is 2.37 bits per heavy atom. The molecule has 1 aliphatic rings. The molecule has 162 valence electrons. The third-order valence-corrected chi connectivity index (χ3v) is 6.51. The topological polar surface area (TPSA) is 64.7 Å². The molecule has 2 aromatic rings. The Morgan fingerprint density at radius 1 is 1.07 bits per heavy atom. The SMILES string of the molecule is CCN1CCN(c2ccccc2NC(=O)c2sc(NC(=O)C(C)(C)C)cc2C)CC1. The molecule has 7 heteroatoms. The van der Waals surface area contributed by atoms with Crippen molar-refractivity contribution in [3.8, 4) is 0 Å². The predicted octanol–water partition coefficient (Wildman–Crippen LogP) is 4.44. The van der Waals surface area contributed by atoms with Crippen LogP contribution < -0.4 is 15.5 Å². The predicted molar refractivity (Wildman–Crippen MR) is 126 cm³/mol. The summed E-state index contributed by atoms with van der Waals surface area (Å²) in [5.41, 5.74) is 2.24. The van der Waals surface area contributed by atoms with E-state index in [0.717, 1.165) is 49.7 Å². The number of rotatable bonds is 5. The van der Waals surface area contributed by atoms with Gasteiger partial charge < -0.3 is 20.4 Å². The van der Waals surface area contributed by atoms with Gasteiger partial charge in [0.05, 0.1) is 21.3 Å². The molecule has 1 aromatic heterocycles. The van der Waals surface area contributed by atoms with Gasteiger partial charge in [0.1, 0.15) is 0 Å². The first-order valence-corrected chi connectivity index (χ1v) is 11.3. The van der Waals surface area contributed by atoms with E-state index in [9.17, 15) is 9.59 Å². The molecule has 0 bridgehead atoms. The number of carbonyl (C=O) groups excluding carboxylic acids is 2. The molecule has 0 radical (unpaired) electrons. The van der Waals surface area contributed by atoms with Crippen molar-refractivity contribution < 1.29 is 9.59 Å². The fourth-order valence-corrected chi connectivity index (χ4v) is 4.37. The highest BCUT2D eigenvalue weighted by molar-refractivity contribution is 7.18. The van der Waals surface area contributed by atoms with Crippen molar-refractivity contribution in [1.82, 2.24) is 4.90 Å². The van der Waals surface area contributed by atoms with Crippen LogP contribution in [0.15, 0.2) is 30.3 Å². The van der Waals surface area contributed by atoms with E-state index in [1.807, 2.05) is 52.0 Å². The first-order chi connectivity index (χ1) is 14.2. The second-order valence-corrected chi connectivity index (χ2v) is 9.77. The van der Waals surface area contributed by atoms with Gasteiger partial charge in [0.15, 0.2) is 0 Å². The lowest BCUT2D eigenvalue weighted by Gasteiger charge is -2.36. The smallest absolute Gasteiger partial charge is 0.266 e. The molecule has 0 aliphatic carbocycles. The number of amides is 2. The zero-order valence-electron chi connectivity index (χ0n) is 18.5. The lowest BCUT2D eigenvalue weighted by atomic mass is 9.96. The molecular formula is C23H32N4O2S. The highest BCUT2D eigenvalue weighted by atomic mass is 32.1. The number of nitrogens with one attached hydrogen (secondary N) is 2. The van der Waals surface area contributed by atoms with Gasteiger partial charge in [0.2, 0.25) is 5.91 Å². The largest absolute Gasteiger partial charge is 0.367 e. The van der Waals surface area contributed by atoms with Crippen molar-refractivity contribution in [3.05, 3.63) is 40.8 Å². The summed E-state index contributed by atoms with van der Waals surface area (Å²) < 4.78 is 0. The Kier molecular flexibility index (Phi) is 6.83. The maximum atomic E-state index is 13.0. The van der Waals surface area contributed by atoms with Crippen molar-refractivity contribution in [3.63, 3.8) is 0 Å². The fourth-order valence-electron chi connectivity index (χ4n) is 3.41. The number of carbonyl (C=O) groups is 2. The molecule has 0 atom stereocenters. The Balaban J connectivity index is 1.74. The van der Waals surface area contributed by atoms with Gasteiger partial charge in [-0.05, 0) is 37.2 Å². The maximum Gasteiger partial charge on any atom is 0.266 e. The second kappa shape index (κ2) is 9.18. The number of aryl methyl sites for hydroxylation is 1. The minimum Gasteiger partial charge on any atom is -0.367 e. The van der Waals surface area contributed by atoms with Crippen LogP contribution in [-0.4, -0.2) is 49.4 Å². The van der Waals surface area contributed by atoms with Crippen molar-refractivity contribution >= 4 is 39.5 Å². The monoisotopic (exact) mass is 428 g/mol. The summed E-state index contributed by atoms with van der Waals surface area (Å²) in [7, 11) is 0. The van der Waals surface area contributed by atoms with E-state index in [0.29, 0.717) is 9.88 Å². The van der Waals surface area contributed by atoms with Crippen LogP contribution in [0.3, 0.4) is 0 Å². The van der Waals surface area contributed by atoms with Crippen molar-refractivity contribution in [2.45, 2.75) is 34.6 Å². The number of hydrogen-bond acceptors (Lipinski definition) is 5. The zero-order chi connectivity index (χ0) is 21.9. The standard InChI is InChI=1S/C23H32N4O2S/c1-6-26-11-13-27(14-12-26)18-10-8-7-9-17(18)24-21(28)20-16(2)15-19(30-20)25-22(29)23(3,4)5/h7-10,15H,6,11-14H2,1-5H3,(H,24,28)(H,25,29). The molecule has 6 nitrogen and oxygen atoms in total. The Hall–Kier alpha value is -2.38. The minimum atomic E-state index is -0.485. The number of anilines is 3. The quantitative estimate of drug-likeness (QED) is 0.739. The van der Waals surface area contributed by atoms with Crippen molar-refractivity contribution in [1.29, 1.82) is 0 Å². The zero-order valence-corrected chi connectivity index (χ0v) is 19.4. The molecule has 3 rings (SSSR count). The van der Waals surface area contributed by atoms with Crippen LogP contribution in [0.25, 0.3) is 0 Å². The number of benzene rings is 1. The Morgan fingerprint density at radius 2 is 1.73 bits per heavy atom. The molecule has 1 aliphatic heterocycles. The maximum absolute atomic E-state index is 13.0. The number of piperazine rings is 1. The molecule has 1 fully saturated rings. The summed E-state index contributed by atoms with van der Waals surface area (Å²) >= 11 is 1.31. The van der Waals surface area contributed by atoms with E-state index < -0.39 is 5.41 Å². The third kappa shape index (κ3) is 5.21. The van der Waals surface area contributed by atoms with Crippen LogP contribution in [0.5, 0.6) is 0 Å². The molecule has 0 spiro atoms. The van der Waals surface area contributed by atoms with E-state index in [1.54, 1.807) is 0 Å². The summed E-state index contributed by atoms with van der Waals surface area (Å²) in [6.07, 6.45) is 0. The second-order valence-electron chi connectivity index (χ2n) is 8.72. The van der Waals surface area contributed by atoms with Gasteiger partial charge in [0.25, 0.3) is 5.91 Å². The van der Waals surface area contributed by atoms with Crippen LogP contribution in [0, 0.1) is 12.3 Å². The number of thiophene rings is 1. The van der Waals surface area contributed by atoms with Gasteiger partial charge in [-0.1, -0.05) is 39.8 Å². The van der Waals surface area contributed by atoms with E-state index in [2.05, 4.69) is 33.4 Å². The normalized spacial score (nSPS) is 15.2. The highest BCUT2D eigenvalue weighted by Gasteiger charge is 2.24. The van der Waals surface area contributed by atoms with E-state index in [-0.39, 0.29) is 11.8 Å². The first kappa shape index (κ1) is 22.3. The van der Waals surface area contributed by atoms with Gasteiger partial charge in [-0.15, -0.1) is 11.3 Å². The number of likely N-dealkylation sites (N-methyl/N-ethyl adjacent to an activating group) is 1. The molecule has 1 aromatic carbocycles. The molecule has 2 heterocycles. The molecule has 0 saturated carbocycles. The van der Waals surface area contributed by atoms with Crippen LogP contribution >= 0.6 is 11.3 Å². The molecular weight excluding hydrogens is 396 g/mol.